The molecule has 1 aromatic carbocycles. The second-order valence-electron chi connectivity index (χ2n) is 5.82. The Bertz CT molecular complexity index is 930. The maximum absolute atomic E-state index is 13.8. The summed E-state index contributed by atoms with van der Waals surface area (Å²) >= 11 is 0.936. The Hall–Kier alpha value is -2.02. The summed E-state index contributed by atoms with van der Waals surface area (Å²) in [6.07, 6.45) is -1.09. The van der Waals surface area contributed by atoms with Crippen LogP contribution in [-0.2, 0) is 15.8 Å². The number of nitrogens with zero attached hydrogens (tertiary/aromatic N) is 2. The van der Waals surface area contributed by atoms with E-state index < -0.39 is 40.5 Å². The summed E-state index contributed by atoms with van der Waals surface area (Å²) in [6, 6.07) is 4.97. The topological polar surface area (TPSA) is 122 Å². The molecule has 1 aromatic heterocycles. The van der Waals surface area contributed by atoms with Crippen LogP contribution in [0.5, 0.6) is 5.88 Å². The van der Waals surface area contributed by atoms with Crippen molar-refractivity contribution < 1.29 is 32.1 Å². The van der Waals surface area contributed by atoms with E-state index in [4.69, 9.17) is 9.84 Å². The minimum Gasteiger partial charge on any atom is -0.472 e. The maximum atomic E-state index is 13.8. The molecule has 28 heavy (non-hydrogen) atoms. The lowest BCUT2D eigenvalue weighted by Crippen LogP contribution is -2.32. The van der Waals surface area contributed by atoms with Crippen molar-refractivity contribution in [2.75, 3.05) is 17.6 Å². The third-order valence-corrected chi connectivity index (χ3v) is 4.87. The van der Waals surface area contributed by atoms with Crippen LogP contribution in [0, 0.1) is 11.6 Å². The Labute approximate surface area is 165 Å². The monoisotopic (exact) mass is 435 g/mol. The third kappa shape index (κ3) is 6.55. The number of aliphatic hydroxyl groups excluding tert-OH is 2. The van der Waals surface area contributed by atoms with E-state index in [1.165, 1.54) is 25.1 Å². The highest BCUT2D eigenvalue weighted by atomic mass is 32.2. The number of aromatic nitrogens is 2. The Morgan fingerprint density at radius 3 is 2.68 bits per heavy atom. The van der Waals surface area contributed by atoms with Crippen molar-refractivity contribution in [3.05, 3.63) is 41.5 Å². The smallest absolute Gasteiger partial charge is 0.230 e. The number of rotatable bonds is 9. The number of thioether (sulfide) groups is 1. The lowest BCUT2D eigenvalue weighted by molar-refractivity contribution is 0.00599. The van der Waals surface area contributed by atoms with Crippen molar-refractivity contribution in [2.45, 2.75) is 30.0 Å². The lowest BCUT2D eigenvalue weighted by Gasteiger charge is -2.18. The zero-order chi connectivity index (χ0) is 20.9. The molecule has 2 rings (SSSR count). The molecule has 0 aliphatic carbocycles. The Balaban J connectivity index is 2.27. The van der Waals surface area contributed by atoms with Crippen molar-refractivity contribution in [1.82, 2.24) is 9.97 Å². The predicted octanol–water partition coefficient (Wildman–Crippen LogP) is 1.54. The molecule has 2 atom stereocenters. The SMILES string of the molecule is C[C@@H](Oc1cc(NS(C)(=O)=O)nc(SCc2cccc(F)c2F)n1)[C@H](O)CO. The van der Waals surface area contributed by atoms with Gasteiger partial charge in [0.15, 0.2) is 16.8 Å². The molecule has 0 radical (unpaired) electrons. The van der Waals surface area contributed by atoms with Gasteiger partial charge in [-0.25, -0.2) is 22.2 Å². The van der Waals surface area contributed by atoms with Crippen LogP contribution in [0.2, 0.25) is 0 Å². The summed E-state index contributed by atoms with van der Waals surface area (Å²) in [6.45, 7) is 0.947. The van der Waals surface area contributed by atoms with Gasteiger partial charge in [-0.1, -0.05) is 23.9 Å². The molecule has 1 heterocycles. The first-order chi connectivity index (χ1) is 13.1. The van der Waals surface area contributed by atoms with E-state index in [0.717, 1.165) is 24.1 Å². The number of sulfonamides is 1. The summed E-state index contributed by atoms with van der Waals surface area (Å²) in [5.74, 6) is -2.15. The normalized spacial score (nSPS) is 13.8. The van der Waals surface area contributed by atoms with Gasteiger partial charge >= 0.3 is 0 Å². The molecular weight excluding hydrogens is 416 g/mol. The lowest BCUT2D eigenvalue weighted by atomic mass is 10.2. The summed E-state index contributed by atoms with van der Waals surface area (Å²) in [4.78, 5) is 8.08. The van der Waals surface area contributed by atoms with Crippen LogP contribution in [0.1, 0.15) is 12.5 Å². The second-order valence-corrected chi connectivity index (χ2v) is 8.51. The molecule has 0 aliphatic rings. The van der Waals surface area contributed by atoms with Gasteiger partial charge in [0.05, 0.1) is 12.9 Å². The molecule has 0 fully saturated rings. The van der Waals surface area contributed by atoms with Crippen LogP contribution in [0.3, 0.4) is 0 Å². The second kappa shape index (κ2) is 9.45. The van der Waals surface area contributed by atoms with Crippen molar-refractivity contribution in [1.29, 1.82) is 0 Å². The number of hydrogen-bond donors (Lipinski definition) is 3. The van der Waals surface area contributed by atoms with Crippen molar-refractivity contribution in [3.63, 3.8) is 0 Å². The quantitative estimate of drug-likeness (QED) is 0.401. The van der Waals surface area contributed by atoms with Crippen LogP contribution in [0.4, 0.5) is 14.6 Å². The van der Waals surface area contributed by atoms with Crippen LogP contribution in [0.25, 0.3) is 0 Å². The number of anilines is 1. The summed E-state index contributed by atoms with van der Waals surface area (Å²) in [7, 11) is -3.64. The highest BCUT2D eigenvalue weighted by Gasteiger charge is 2.18. The van der Waals surface area contributed by atoms with E-state index in [0.29, 0.717) is 0 Å². The fraction of sp³-hybridized carbons (Fsp3) is 0.375. The zero-order valence-corrected chi connectivity index (χ0v) is 16.6. The van der Waals surface area contributed by atoms with Gasteiger partial charge < -0.3 is 14.9 Å². The van der Waals surface area contributed by atoms with Gasteiger partial charge in [0.2, 0.25) is 15.9 Å². The highest BCUT2D eigenvalue weighted by molar-refractivity contribution is 7.98. The van der Waals surface area contributed by atoms with Crippen molar-refractivity contribution in [2.24, 2.45) is 0 Å². The Morgan fingerprint density at radius 1 is 1.32 bits per heavy atom. The molecule has 12 heteroatoms. The van der Waals surface area contributed by atoms with Crippen LogP contribution in [0.15, 0.2) is 29.4 Å². The summed E-state index contributed by atoms with van der Waals surface area (Å²) in [5, 5.41) is 18.6. The number of ether oxygens (including phenoxy) is 1. The third-order valence-electron chi connectivity index (χ3n) is 3.40. The number of benzene rings is 1. The maximum Gasteiger partial charge on any atom is 0.230 e. The summed E-state index contributed by atoms with van der Waals surface area (Å²) < 4.78 is 57.7. The van der Waals surface area contributed by atoms with Gasteiger partial charge in [0, 0.05) is 17.4 Å². The van der Waals surface area contributed by atoms with Gasteiger partial charge in [-0.2, -0.15) is 4.98 Å². The Kier molecular flexibility index (Phi) is 7.52. The van der Waals surface area contributed by atoms with E-state index in [2.05, 4.69) is 14.7 Å². The zero-order valence-electron chi connectivity index (χ0n) is 15.0. The van der Waals surface area contributed by atoms with Crippen LogP contribution >= 0.6 is 11.8 Å². The molecule has 0 saturated carbocycles. The number of nitrogens with one attached hydrogen (secondary N) is 1. The molecule has 3 N–H and O–H groups in total. The predicted molar refractivity (Wildman–Crippen MR) is 99.6 cm³/mol. The molecule has 8 nitrogen and oxygen atoms in total. The van der Waals surface area contributed by atoms with Crippen molar-refractivity contribution in [3.8, 4) is 5.88 Å². The van der Waals surface area contributed by atoms with E-state index in [1.807, 2.05) is 0 Å². The average Bonchev–Trinajstić information content (AvgIpc) is 2.60. The van der Waals surface area contributed by atoms with Gasteiger partial charge in [0.1, 0.15) is 18.0 Å². The minimum absolute atomic E-state index is 0.0137. The first kappa shape index (κ1) is 22.3. The van der Waals surface area contributed by atoms with Crippen molar-refractivity contribution >= 4 is 27.6 Å². The van der Waals surface area contributed by atoms with E-state index in [9.17, 15) is 22.3 Å². The molecule has 0 unspecified atom stereocenters. The van der Waals surface area contributed by atoms with Gasteiger partial charge in [-0.3, -0.25) is 4.72 Å². The van der Waals surface area contributed by atoms with E-state index in [1.54, 1.807) is 0 Å². The molecular formula is C16H19F2N3O5S2. The van der Waals surface area contributed by atoms with Gasteiger partial charge in [-0.05, 0) is 13.0 Å². The minimum atomic E-state index is -3.64. The molecule has 0 bridgehead atoms. The van der Waals surface area contributed by atoms with Gasteiger partial charge in [-0.15, -0.1) is 0 Å². The van der Waals surface area contributed by atoms with E-state index >= 15 is 0 Å². The molecule has 0 saturated heterocycles. The summed E-state index contributed by atoms with van der Waals surface area (Å²) in [5.41, 5.74) is 0.0848. The molecule has 154 valence electrons. The first-order valence-corrected chi connectivity index (χ1v) is 10.8. The molecule has 0 aliphatic heterocycles. The molecule has 0 spiro atoms. The number of aliphatic hydroxyl groups is 2. The fourth-order valence-corrected chi connectivity index (χ4v) is 3.30. The largest absolute Gasteiger partial charge is 0.472 e. The van der Waals surface area contributed by atoms with Gasteiger partial charge in [0.25, 0.3) is 0 Å². The first-order valence-electron chi connectivity index (χ1n) is 7.97. The average molecular weight is 435 g/mol. The number of halogens is 2. The molecule has 2 aromatic rings. The van der Waals surface area contributed by atoms with Crippen LogP contribution < -0.4 is 9.46 Å². The Morgan fingerprint density at radius 2 is 2.04 bits per heavy atom. The number of hydrogen-bond acceptors (Lipinski definition) is 8. The van der Waals surface area contributed by atoms with Crippen LogP contribution in [-0.4, -0.2) is 53.7 Å². The fourth-order valence-electron chi connectivity index (χ4n) is 1.99. The molecule has 0 amide bonds. The standard InChI is InChI=1S/C16H19F2N3O5S2/c1-9(12(23)7-22)26-14-6-13(21-28(2,24)25)19-16(20-14)27-8-10-4-3-5-11(17)15(10)18/h3-6,9,12,22-23H,7-8H2,1-2H3,(H,19,20,21)/t9-,12-/m1/s1. The van der Waals surface area contributed by atoms with E-state index in [-0.39, 0.29) is 28.2 Å². The highest BCUT2D eigenvalue weighted by Crippen LogP contribution is 2.26.